The van der Waals surface area contributed by atoms with Crippen LogP contribution in [0.4, 0.5) is 0 Å². The van der Waals surface area contributed by atoms with Crippen molar-refractivity contribution >= 4 is 87.7 Å². The molecule has 0 fully saturated rings. The first-order valence-electron chi connectivity index (χ1n) is 19.0. The molecule has 0 radical (unpaired) electrons. The summed E-state index contributed by atoms with van der Waals surface area (Å²) in [7, 11) is 0. The fourth-order valence-corrected chi connectivity index (χ4v) is 8.74. The number of hydrogen-bond acceptors (Lipinski definition) is 4. The zero-order chi connectivity index (χ0) is 36.7. The standard InChI is InChI=1S/C51H32N4O/c1-2-13-32(14-3-1)49-52-50(54-51(53-49)41-22-11-23-46-47(41)40-25-24-31-12-8-9-21-39(31)48(40)56-46)37-19-10-20-38(26-37)55-44-29-35-17-6-4-15-33(35)27-42(44)43-28-34-16-5-7-18-36(34)30-45(43)55/h1-30,51H,(H,52,53,54). The number of benzene rings is 9. The van der Waals surface area contributed by atoms with Crippen molar-refractivity contribution in [3.05, 3.63) is 199 Å². The van der Waals surface area contributed by atoms with E-state index >= 15 is 0 Å². The number of nitrogens with zero attached hydrogens (tertiary/aromatic N) is 3. The summed E-state index contributed by atoms with van der Waals surface area (Å²) in [4.78, 5) is 10.5. The summed E-state index contributed by atoms with van der Waals surface area (Å²) < 4.78 is 9.00. The molecule has 1 aliphatic rings. The van der Waals surface area contributed by atoms with E-state index < -0.39 is 6.17 Å². The Bertz CT molecular complexity index is 3370. The Morgan fingerprint density at radius 2 is 1.11 bits per heavy atom. The minimum Gasteiger partial charge on any atom is -0.455 e. The minimum atomic E-state index is -0.414. The lowest BCUT2D eigenvalue weighted by atomic mass is 10.0. The molecule has 0 saturated carbocycles. The number of amidine groups is 2. The lowest BCUT2D eigenvalue weighted by Crippen LogP contribution is -2.33. The number of aliphatic imine (C=N–C) groups is 2. The van der Waals surface area contributed by atoms with Gasteiger partial charge >= 0.3 is 0 Å². The van der Waals surface area contributed by atoms with Crippen molar-refractivity contribution in [2.45, 2.75) is 6.17 Å². The highest BCUT2D eigenvalue weighted by Crippen LogP contribution is 2.40. The van der Waals surface area contributed by atoms with Gasteiger partial charge in [-0.1, -0.05) is 133 Å². The number of hydrogen-bond donors (Lipinski definition) is 1. The van der Waals surface area contributed by atoms with E-state index in [0.29, 0.717) is 5.84 Å². The first-order chi connectivity index (χ1) is 27.7. The van der Waals surface area contributed by atoms with Crippen LogP contribution in [0.25, 0.3) is 81.7 Å². The molecule has 0 saturated heterocycles. The largest absolute Gasteiger partial charge is 0.455 e. The predicted octanol–water partition coefficient (Wildman–Crippen LogP) is 12.6. The highest BCUT2D eigenvalue weighted by molar-refractivity contribution is 6.19. The van der Waals surface area contributed by atoms with E-state index in [1.54, 1.807) is 0 Å². The molecule has 0 aliphatic carbocycles. The Labute approximate surface area is 321 Å². The van der Waals surface area contributed by atoms with Crippen LogP contribution in [0.5, 0.6) is 0 Å². The molecule has 0 spiro atoms. The molecule has 1 unspecified atom stereocenters. The summed E-state index contributed by atoms with van der Waals surface area (Å²) >= 11 is 0. The normalized spacial score (nSPS) is 14.6. The van der Waals surface area contributed by atoms with E-state index in [9.17, 15) is 0 Å². The van der Waals surface area contributed by atoms with Crippen molar-refractivity contribution in [1.29, 1.82) is 0 Å². The molecular weight excluding hydrogens is 685 g/mol. The van der Waals surface area contributed by atoms with Crippen LogP contribution in [-0.2, 0) is 0 Å². The Hall–Kier alpha value is -7.50. The van der Waals surface area contributed by atoms with Gasteiger partial charge in [0.2, 0.25) is 0 Å². The van der Waals surface area contributed by atoms with Crippen LogP contribution >= 0.6 is 0 Å². The molecule has 0 amide bonds. The summed E-state index contributed by atoms with van der Waals surface area (Å²) in [6.07, 6.45) is -0.414. The van der Waals surface area contributed by atoms with Crippen LogP contribution in [-0.4, -0.2) is 16.2 Å². The van der Waals surface area contributed by atoms with Crippen molar-refractivity contribution in [3.8, 4) is 5.69 Å². The molecule has 5 heteroatoms. The second-order valence-electron chi connectivity index (χ2n) is 14.6. The van der Waals surface area contributed by atoms with Crippen LogP contribution in [0.2, 0.25) is 0 Å². The second-order valence-corrected chi connectivity index (χ2v) is 14.6. The molecule has 262 valence electrons. The monoisotopic (exact) mass is 716 g/mol. The van der Waals surface area contributed by atoms with E-state index in [2.05, 4.69) is 174 Å². The van der Waals surface area contributed by atoms with Crippen molar-refractivity contribution < 1.29 is 4.42 Å². The Kier molecular flexibility index (Phi) is 6.63. The SMILES string of the molecule is c1ccc(C2=NC(c3cccc4oc5c6ccccc6ccc5c34)NC(c3cccc(-n4c5cc6ccccc6cc5c5cc6ccccc6cc54)c3)=N2)cc1. The average Bonchev–Trinajstić information content (AvgIpc) is 3.80. The summed E-state index contributed by atoms with van der Waals surface area (Å²) in [5, 5.41) is 15.5. The zero-order valence-corrected chi connectivity index (χ0v) is 30.1. The first-order valence-corrected chi connectivity index (χ1v) is 19.0. The van der Waals surface area contributed by atoms with Gasteiger partial charge in [0.1, 0.15) is 23.2 Å². The topological polar surface area (TPSA) is 54.8 Å². The Morgan fingerprint density at radius 3 is 1.84 bits per heavy atom. The van der Waals surface area contributed by atoms with E-state index in [-0.39, 0.29) is 0 Å². The maximum Gasteiger partial charge on any atom is 0.159 e. The molecule has 3 heterocycles. The summed E-state index contributed by atoms with van der Waals surface area (Å²) in [5.41, 5.74) is 8.10. The van der Waals surface area contributed by atoms with Crippen molar-refractivity contribution in [2.24, 2.45) is 9.98 Å². The molecule has 2 aromatic heterocycles. The lowest BCUT2D eigenvalue weighted by Gasteiger charge is -2.24. The molecule has 0 bridgehead atoms. The molecule has 5 nitrogen and oxygen atoms in total. The van der Waals surface area contributed by atoms with Gasteiger partial charge in [0.05, 0.1) is 11.0 Å². The fraction of sp³-hybridized carbons (Fsp3) is 0.0196. The molecule has 1 aliphatic heterocycles. The van der Waals surface area contributed by atoms with Gasteiger partial charge in [0.25, 0.3) is 0 Å². The van der Waals surface area contributed by atoms with Gasteiger partial charge in [-0.25, -0.2) is 9.98 Å². The van der Waals surface area contributed by atoms with E-state index in [1.807, 2.05) is 18.2 Å². The van der Waals surface area contributed by atoms with Crippen molar-refractivity contribution in [3.63, 3.8) is 0 Å². The molecule has 9 aromatic carbocycles. The summed E-state index contributed by atoms with van der Waals surface area (Å²) in [6.45, 7) is 0. The third kappa shape index (κ3) is 4.74. The zero-order valence-electron chi connectivity index (χ0n) is 30.1. The minimum absolute atomic E-state index is 0.414. The highest BCUT2D eigenvalue weighted by Gasteiger charge is 2.25. The van der Waals surface area contributed by atoms with Crippen LogP contribution < -0.4 is 5.32 Å². The molecule has 1 N–H and O–H groups in total. The van der Waals surface area contributed by atoms with E-state index in [1.165, 1.54) is 43.4 Å². The van der Waals surface area contributed by atoms with Gasteiger partial charge < -0.3 is 14.3 Å². The van der Waals surface area contributed by atoms with Crippen LogP contribution in [0.3, 0.4) is 0 Å². The van der Waals surface area contributed by atoms with Crippen molar-refractivity contribution in [2.75, 3.05) is 0 Å². The van der Waals surface area contributed by atoms with Gasteiger partial charge in [0.15, 0.2) is 5.84 Å². The predicted molar refractivity (Wildman–Crippen MR) is 232 cm³/mol. The Balaban J connectivity index is 1.05. The third-order valence-electron chi connectivity index (χ3n) is 11.4. The first kappa shape index (κ1) is 30.9. The van der Waals surface area contributed by atoms with Crippen molar-refractivity contribution in [1.82, 2.24) is 9.88 Å². The average molecular weight is 717 g/mol. The number of furan rings is 1. The van der Waals surface area contributed by atoms with Gasteiger partial charge in [-0.3, -0.25) is 0 Å². The smallest absolute Gasteiger partial charge is 0.159 e. The molecule has 56 heavy (non-hydrogen) atoms. The van der Waals surface area contributed by atoms with Gasteiger partial charge in [-0.15, -0.1) is 0 Å². The van der Waals surface area contributed by atoms with Gasteiger partial charge in [-0.2, -0.15) is 0 Å². The van der Waals surface area contributed by atoms with Crippen LogP contribution in [0, 0.1) is 0 Å². The molecule has 1 atom stereocenters. The maximum atomic E-state index is 6.59. The number of rotatable bonds is 4. The van der Waals surface area contributed by atoms with Crippen LogP contribution in [0.15, 0.2) is 196 Å². The molecule has 11 aromatic rings. The highest BCUT2D eigenvalue weighted by atomic mass is 16.3. The quantitative estimate of drug-likeness (QED) is 0.197. The van der Waals surface area contributed by atoms with Gasteiger partial charge in [0, 0.05) is 49.3 Å². The number of nitrogens with one attached hydrogen (secondary N) is 1. The fourth-order valence-electron chi connectivity index (χ4n) is 8.74. The van der Waals surface area contributed by atoms with E-state index in [4.69, 9.17) is 14.4 Å². The molecule has 12 rings (SSSR count). The molecular formula is C51H32N4O. The van der Waals surface area contributed by atoms with Gasteiger partial charge in [-0.05, 0) is 75.5 Å². The van der Waals surface area contributed by atoms with Crippen LogP contribution in [0.1, 0.15) is 22.9 Å². The summed E-state index contributed by atoms with van der Waals surface area (Å²) in [6, 6.07) is 64.5. The Morgan fingerprint density at radius 1 is 0.482 bits per heavy atom. The number of aromatic nitrogens is 1. The lowest BCUT2D eigenvalue weighted by molar-refractivity contribution is 0.664. The maximum absolute atomic E-state index is 6.59. The van der Waals surface area contributed by atoms with E-state index in [0.717, 1.165) is 60.9 Å². The number of fused-ring (bicyclic) bond motifs is 10. The summed E-state index contributed by atoms with van der Waals surface area (Å²) in [5.74, 6) is 1.44. The second kappa shape index (κ2) is 12.0. The third-order valence-corrected chi connectivity index (χ3v) is 11.4.